The quantitative estimate of drug-likeness (QED) is 0.408. The summed E-state index contributed by atoms with van der Waals surface area (Å²) in [5, 5.41) is 0.700. The van der Waals surface area contributed by atoms with Crippen LogP contribution in [-0.4, -0.2) is 50.7 Å². The van der Waals surface area contributed by atoms with Crippen molar-refractivity contribution in [1.29, 1.82) is 0 Å². The molecule has 0 bridgehead atoms. The summed E-state index contributed by atoms with van der Waals surface area (Å²) in [5.74, 6) is 2.30. The number of halogens is 1. The molecule has 0 saturated carbocycles. The van der Waals surface area contributed by atoms with E-state index in [0.717, 1.165) is 47.2 Å². The van der Waals surface area contributed by atoms with Gasteiger partial charge in [-0.2, -0.15) is 0 Å². The molecular weight excluding hydrogens is 464 g/mol. The van der Waals surface area contributed by atoms with Crippen LogP contribution < -0.4 is 19.1 Å². The maximum Gasteiger partial charge on any atom is 0.253 e. The number of amides is 1. The van der Waals surface area contributed by atoms with Gasteiger partial charge in [0.25, 0.3) is 5.91 Å². The number of carbonyl (C=O) groups excluding carboxylic acids is 1. The van der Waals surface area contributed by atoms with Gasteiger partial charge in [0.15, 0.2) is 0 Å². The van der Waals surface area contributed by atoms with E-state index < -0.39 is 0 Å². The Kier molecular flexibility index (Phi) is 8.03. The van der Waals surface area contributed by atoms with Crippen molar-refractivity contribution in [3.05, 3.63) is 82.4 Å². The molecule has 0 aliphatic carbocycles. The number of benzene rings is 3. The maximum atomic E-state index is 13.3. The summed E-state index contributed by atoms with van der Waals surface area (Å²) in [5.41, 5.74) is 3.47. The van der Waals surface area contributed by atoms with Crippen molar-refractivity contribution < 1.29 is 19.0 Å². The van der Waals surface area contributed by atoms with Crippen LogP contribution in [0.4, 0.5) is 5.69 Å². The van der Waals surface area contributed by atoms with E-state index in [9.17, 15) is 4.79 Å². The monoisotopic (exact) mass is 494 g/mol. The number of ether oxygens (including phenoxy) is 3. The van der Waals surface area contributed by atoms with E-state index in [0.29, 0.717) is 36.9 Å². The van der Waals surface area contributed by atoms with Crippen molar-refractivity contribution in [2.45, 2.75) is 20.5 Å². The molecule has 0 aromatic heterocycles. The van der Waals surface area contributed by atoms with Gasteiger partial charge in [-0.1, -0.05) is 23.7 Å². The van der Waals surface area contributed by atoms with Gasteiger partial charge < -0.3 is 24.0 Å². The Balaban J connectivity index is 1.45. The summed E-state index contributed by atoms with van der Waals surface area (Å²) in [6, 6.07) is 19.1. The van der Waals surface area contributed by atoms with E-state index in [4.69, 9.17) is 25.8 Å². The first-order valence-electron chi connectivity index (χ1n) is 11.8. The number of aryl methyl sites for hydroxylation is 1. The van der Waals surface area contributed by atoms with Crippen LogP contribution in [0.5, 0.6) is 17.2 Å². The molecule has 3 aromatic rings. The molecule has 1 aliphatic rings. The number of piperazine rings is 1. The minimum absolute atomic E-state index is 0.0105. The van der Waals surface area contributed by atoms with Crippen molar-refractivity contribution >= 4 is 23.2 Å². The van der Waals surface area contributed by atoms with Crippen LogP contribution in [0.15, 0.2) is 60.7 Å². The van der Waals surface area contributed by atoms with E-state index in [2.05, 4.69) is 11.0 Å². The summed E-state index contributed by atoms with van der Waals surface area (Å²) >= 11 is 6.13. The van der Waals surface area contributed by atoms with Crippen molar-refractivity contribution in [3.8, 4) is 17.2 Å². The second-order valence-electron chi connectivity index (χ2n) is 8.41. The van der Waals surface area contributed by atoms with Crippen molar-refractivity contribution in [2.24, 2.45) is 0 Å². The normalized spacial score (nSPS) is 13.5. The van der Waals surface area contributed by atoms with Crippen LogP contribution in [0, 0.1) is 6.92 Å². The van der Waals surface area contributed by atoms with Crippen LogP contribution in [-0.2, 0) is 6.61 Å². The molecule has 0 radical (unpaired) electrons. The van der Waals surface area contributed by atoms with E-state index in [1.165, 1.54) is 0 Å². The molecule has 0 atom stereocenters. The SMILES string of the molecule is CCOc1ccc(C(=O)N2CCN(c3ccccc3OC)CC2)cc1COc1ccc(Cl)c(C)c1. The lowest BCUT2D eigenvalue weighted by Crippen LogP contribution is -2.48. The smallest absolute Gasteiger partial charge is 0.253 e. The van der Waals surface area contributed by atoms with Gasteiger partial charge in [0.05, 0.1) is 19.4 Å². The molecule has 4 rings (SSSR count). The lowest BCUT2D eigenvalue weighted by molar-refractivity contribution is 0.0746. The standard InChI is InChI=1S/C28H31ClN2O4/c1-4-34-26-12-9-21(18-22(26)19-35-23-10-11-24(29)20(2)17-23)28(32)31-15-13-30(14-16-31)25-7-5-6-8-27(25)33-3/h5-12,17-18H,4,13-16,19H2,1-3H3. The Morgan fingerprint density at radius 2 is 1.71 bits per heavy atom. The van der Waals surface area contributed by atoms with Gasteiger partial charge in [-0.05, 0) is 67.9 Å². The Hall–Kier alpha value is -3.38. The van der Waals surface area contributed by atoms with Crippen molar-refractivity contribution in [3.63, 3.8) is 0 Å². The van der Waals surface area contributed by atoms with E-state index >= 15 is 0 Å². The fourth-order valence-corrected chi connectivity index (χ4v) is 4.33. The zero-order valence-electron chi connectivity index (χ0n) is 20.4. The van der Waals surface area contributed by atoms with Gasteiger partial charge in [-0.15, -0.1) is 0 Å². The van der Waals surface area contributed by atoms with Gasteiger partial charge in [0.1, 0.15) is 23.9 Å². The minimum Gasteiger partial charge on any atom is -0.495 e. The summed E-state index contributed by atoms with van der Waals surface area (Å²) in [6.07, 6.45) is 0. The Bertz CT molecular complexity index is 1180. The largest absolute Gasteiger partial charge is 0.495 e. The first-order chi connectivity index (χ1) is 17.0. The molecule has 1 saturated heterocycles. The number of hydrogen-bond acceptors (Lipinski definition) is 5. The molecule has 6 nitrogen and oxygen atoms in total. The third-order valence-corrected chi connectivity index (χ3v) is 6.55. The van der Waals surface area contributed by atoms with Crippen molar-refractivity contribution in [1.82, 2.24) is 4.90 Å². The minimum atomic E-state index is 0.0105. The molecule has 35 heavy (non-hydrogen) atoms. The first-order valence-corrected chi connectivity index (χ1v) is 12.2. The zero-order valence-corrected chi connectivity index (χ0v) is 21.2. The number of carbonyl (C=O) groups is 1. The van der Waals surface area contributed by atoms with Crippen LogP contribution in [0.25, 0.3) is 0 Å². The topological polar surface area (TPSA) is 51.2 Å². The highest BCUT2D eigenvalue weighted by Gasteiger charge is 2.24. The van der Waals surface area contributed by atoms with Crippen LogP contribution >= 0.6 is 11.6 Å². The van der Waals surface area contributed by atoms with E-state index in [-0.39, 0.29) is 5.91 Å². The van der Waals surface area contributed by atoms with Crippen molar-refractivity contribution in [2.75, 3.05) is 44.8 Å². The van der Waals surface area contributed by atoms with E-state index in [1.54, 1.807) is 7.11 Å². The molecule has 7 heteroatoms. The maximum absolute atomic E-state index is 13.3. The molecule has 1 heterocycles. The molecule has 1 aliphatic heterocycles. The van der Waals surface area contributed by atoms with Gasteiger partial charge in [0.2, 0.25) is 0 Å². The summed E-state index contributed by atoms with van der Waals surface area (Å²) in [6.45, 7) is 7.47. The van der Waals surface area contributed by atoms with Gasteiger partial charge in [0, 0.05) is 42.3 Å². The average molecular weight is 495 g/mol. The summed E-state index contributed by atoms with van der Waals surface area (Å²) < 4.78 is 17.3. The number of methoxy groups -OCH3 is 1. The van der Waals surface area contributed by atoms with E-state index in [1.807, 2.05) is 73.3 Å². The second-order valence-corrected chi connectivity index (χ2v) is 8.81. The number of hydrogen-bond donors (Lipinski definition) is 0. The first kappa shape index (κ1) is 24.7. The molecule has 1 amide bonds. The third-order valence-electron chi connectivity index (χ3n) is 6.12. The predicted molar refractivity (Wildman–Crippen MR) is 139 cm³/mol. The van der Waals surface area contributed by atoms with Gasteiger partial charge in [-0.25, -0.2) is 0 Å². The fraction of sp³-hybridized carbons (Fsp3) is 0.321. The summed E-state index contributed by atoms with van der Waals surface area (Å²) in [4.78, 5) is 17.5. The predicted octanol–water partition coefficient (Wildman–Crippen LogP) is 5.60. The Morgan fingerprint density at radius 3 is 2.43 bits per heavy atom. The lowest BCUT2D eigenvalue weighted by atomic mass is 10.1. The number of anilines is 1. The molecule has 1 fully saturated rings. The summed E-state index contributed by atoms with van der Waals surface area (Å²) in [7, 11) is 1.68. The van der Waals surface area contributed by atoms with Gasteiger partial charge >= 0.3 is 0 Å². The molecule has 184 valence electrons. The number of rotatable bonds is 8. The number of nitrogens with zero attached hydrogens (tertiary/aromatic N) is 2. The Labute approximate surface area is 212 Å². The third kappa shape index (κ3) is 5.82. The number of para-hydroxylation sites is 2. The molecule has 3 aromatic carbocycles. The molecule has 0 spiro atoms. The highest BCUT2D eigenvalue weighted by molar-refractivity contribution is 6.31. The van der Waals surface area contributed by atoms with Gasteiger partial charge in [-0.3, -0.25) is 4.79 Å². The highest BCUT2D eigenvalue weighted by atomic mass is 35.5. The zero-order chi connectivity index (χ0) is 24.8. The highest BCUT2D eigenvalue weighted by Crippen LogP contribution is 2.29. The second kappa shape index (κ2) is 11.4. The molecule has 0 N–H and O–H groups in total. The lowest BCUT2D eigenvalue weighted by Gasteiger charge is -2.36. The van der Waals surface area contributed by atoms with Crippen LogP contribution in [0.2, 0.25) is 5.02 Å². The van der Waals surface area contributed by atoms with Crippen LogP contribution in [0.1, 0.15) is 28.4 Å². The average Bonchev–Trinajstić information content (AvgIpc) is 2.89. The van der Waals surface area contributed by atoms with Crippen LogP contribution in [0.3, 0.4) is 0 Å². The fourth-order valence-electron chi connectivity index (χ4n) is 4.21. The molecule has 0 unspecified atom stereocenters. The Morgan fingerprint density at radius 1 is 0.943 bits per heavy atom. The molecular formula is C28H31ClN2O4.